The molecule has 5 heteroatoms. The number of carbonyl (C=O) groups excluding carboxylic acids is 3. The molecule has 0 radical (unpaired) electrons. The van der Waals surface area contributed by atoms with Crippen LogP contribution in [0.15, 0.2) is 0 Å². The van der Waals surface area contributed by atoms with Crippen molar-refractivity contribution in [3.8, 4) is 0 Å². The predicted molar refractivity (Wildman–Crippen MR) is 77.6 cm³/mol. The van der Waals surface area contributed by atoms with Gasteiger partial charge in [0.2, 0.25) is 0 Å². The molecular weight excluding hydrogens is 272 g/mol. The SMILES string of the molecule is CCCOC(=O)C(C(=O)OCCC)C1(C)CCCC(=O)C1. The maximum Gasteiger partial charge on any atom is 0.320 e. The maximum absolute atomic E-state index is 12.3. The van der Waals surface area contributed by atoms with Gasteiger partial charge in [0, 0.05) is 12.8 Å². The molecule has 0 heterocycles. The first-order chi connectivity index (χ1) is 9.94. The lowest BCUT2D eigenvalue weighted by Gasteiger charge is -2.37. The van der Waals surface area contributed by atoms with Gasteiger partial charge in [0.15, 0.2) is 5.92 Å². The van der Waals surface area contributed by atoms with Gasteiger partial charge < -0.3 is 9.47 Å². The number of ketones is 1. The van der Waals surface area contributed by atoms with E-state index in [0.29, 0.717) is 32.1 Å². The molecule has 0 saturated heterocycles. The third-order valence-corrected chi connectivity index (χ3v) is 3.87. The average Bonchev–Trinajstić information content (AvgIpc) is 2.42. The summed E-state index contributed by atoms with van der Waals surface area (Å²) in [5, 5.41) is 0. The van der Waals surface area contributed by atoms with Gasteiger partial charge in [0.25, 0.3) is 0 Å². The van der Waals surface area contributed by atoms with Crippen molar-refractivity contribution in [3.05, 3.63) is 0 Å². The molecule has 0 bridgehead atoms. The Labute approximate surface area is 126 Å². The van der Waals surface area contributed by atoms with E-state index in [-0.39, 0.29) is 25.4 Å². The highest BCUT2D eigenvalue weighted by Gasteiger charge is 2.48. The molecule has 1 rings (SSSR count). The predicted octanol–water partition coefficient (Wildman–Crippen LogP) is 2.66. The fourth-order valence-electron chi connectivity index (χ4n) is 2.80. The monoisotopic (exact) mass is 298 g/mol. The van der Waals surface area contributed by atoms with Crippen molar-refractivity contribution in [3.63, 3.8) is 0 Å². The molecule has 0 aromatic carbocycles. The summed E-state index contributed by atoms with van der Waals surface area (Å²) in [5.74, 6) is -2.02. The molecule has 21 heavy (non-hydrogen) atoms. The first kappa shape index (κ1) is 17.7. The number of Topliss-reactive ketones (excluding diaryl/α,β-unsaturated/α-hetero) is 1. The molecule has 1 aliphatic carbocycles. The number of ether oxygens (including phenoxy) is 2. The zero-order valence-corrected chi connectivity index (χ0v) is 13.3. The van der Waals surface area contributed by atoms with Crippen LogP contribution in [0, 0.1) is 11.3 Å². The summed E-state index contributed by atoms with van der Waals surface area (Å²) in [7, 11) is 0. The van der Waals surface area contributed by atoms with E-state index >= 15 is 0 Å². The van der Waals surface area contributed by atoms with E-state index in [1.165, 1.54) is 0 Å². The molecule has 1 unspecified atom stereocenters. The van der Waals surface area contributed by atoms with Crippen molar-refractivity contribution in [2.75, 3.05) is 13.2 Å². The largest absolute Gasteiger partial charge is 0.465 e. The van der Waals surface area contributed by atoms with Crippen LogP contribution in [0.4, 0.5) is 0 Å². The van der Waals surface area contributed by atoms with Crippen molar-refractivity contribution in [2.24, 2.45) is 11.3 Å². The Kier molecular flexibility index (Phi) is 6.85. The van der Waals surface area contributed by atoms with Crippen LogP contribution in [0.2, 0.25) is 0 Å². The third kappa shape index (κ3) is 4.83. The van der Waals surface area contributed by atoms with Crippen LogP contribution < -0.4 is 0 Å². The first-order valence-corrected chi connectivity index (χ1v) is 7.79. The molecule has 0 aliphatic heterocycles. The number of hydrogen-bond acceptors (Lipinski definition) is 5. The Morgan fingerprint density at radius 1 is 1.14 bits per heavy atom. The normalized spacial score (nSPS) is 22.2. The molecule has 1 fully saturated rings. The summed E-state index contributed by atoms with van der Waals surface area (Å²) in [6.07, 6.45) is 3.51. The molecule has 1 saturated carbocycles. The quantitative estimate of drug-likeness (QED) is 0.534. The fourth-order valence-corrected chi connectivity index (χ4v) is 2.80. The van der Waals surface area contributed by atoms with E-state index in [1.54, 1.807) is 0 Å². The van der Waals surface area contributed by atoms with Crippen molar-refractivity contribution in [2.45, 2.75) is 59.3 Å². The molecule has 0 aromatic heterocycles. The minimum absolute atomic E-state index is 0.0975. The highest BCUT2D eigenvalue weighted by Crippen LogP contribution is 2.42. The second-order valence-corrected chi connectivity index (χ2v) is 5.99. The van der Waals surface area contributed by atoms with Gasteiger partial charge in [-0.25, -0.2) is 0 Å². The summed E-state index contributed by atoms with van der Waals surface area (Å²) in [4.78, 5) is 36.3. The second-order valence-electron chi connectivity index (χ2n) is 5.99. The van der Waals surface area contributed by atoms with E-state index in [2.05, 4.69) is 0 Å². The van der Waals surface area contributed by atoms with Crippen LogP contribution in [0.3, 0.4) is 0 Å². The Hall–Kier alpha value is -1.39. The van der Waals surface area contributed by atoms with Crippen molar-refractivity contribution in [1.29, 1.82) is 0 Å². The van der Waals surface area contributed by atoms with E-state index in [4.69, 9.17) is 9.47 Å². The van der Waals surface area contributed by atoms with E-state index in [9.17, 15) is 14.4 Å². The lowest BCUT2D eigenvalue weighted by Crippen LogP contribution is -2.44. The molecule has 5 nitrogen and oxygen atoms in total. The zero-order chi connectivity index (χ0) is 15.9. The minimum Gasteiger partial charge on any atom is -0.465 e. The van der Waals surface area contributed by atoms with Gasteiger partial charge in [0.1, 0.15) is 5.78 Å². The maximum atomic E-state index is 12.3. The van der Waals surface area contributed by atoms with E-state index in [1.807, 2.05) is 20.8 Å². The molecular formula is C16H26O5. The Morgan fingerprint density at radius 2 is 1.67 bits per heavy atom. The smallest absolute Gasteiger partial charge is 0.320 e. The topological polar surface area (TPSA) is 69.7 Å². The Morgan fingerprint density at radius 3 is 2.10 bits per heavy atom. The van der Waals surface area contributed by atoms with Crippen LogP contribution in [-0.2, 0) is 23.9 Å². The van der Waals surface area contributed by atoms with E-state index < -0.39 is 23.3 Å². The third-order valence-electron chi connectivity index (χ3n) is 3.87. The summed E-state index contributed by atoms with van der Waals surface area (Å²) in [5.41, 5.74) is -0.690. The van der Waals surface area contributed by atoms with Gasteiger partial charge in [-0.15, -0.1) is 0 Å². The molecule has 0 N–H and O–H groups in total. The van der Waals surface area contributed by atoms with Gasteiger partial charge in [-0.05, 0) is 31.1 Å². The van der Waals surface area contributed by atoms with Crippen molar-refractivity contribution >= 4 is 17.7 Å². The molecule has 0 spiro atoms. The zero-order valence-electron chi connectivity index (χ0n) is 13.3. The van der Waals surface area contributed by atoms with Gasteiger partial charge >= 0.3 is 11.9 Å². The Balaban J connectivity index is 2.91. The average molecular weight is 298 g/mol. The van der Waals surface area contributed by atoms with Gasteiger partial charge in [0.05, 0.1) is 13.2 Å². The molecule has 1 atom stereocenters. The van der Waals surface area contributed by atoms with E-state index in [0.717, 1.165) is 0 Å². The summed E-state index contributed by atoms with van der Waals surface area (Å²) in [6, 6.07) is 0. The van der Waals surface area contributed by atoms with Crippen LogP contribution >= 0.6 is 0 Å². The van der Waals surface area contributed by atoms with Crippen LogP contribution in [0.1, 0.15) is 59.3 Å². The number of hydrogen-bond donors (Lipinski definition) is 0. The second kappa shape index (κ2) is 8.15. The standard InChI is InChI=1S/C16H26O5/c1-4-9-20-14(18)13(15(19)21-10-5-2)16(3)8-6-7-12(17)11-16/h13H,4-11H2,1-3H3. The van der Waals surface area contributed by atoms with Crippen LogP contribution in [0.5, 0.6) is 0 Å². The molecule has 0 amide bonds. The molecule has 120 valence electrons. The number of esters is 2. The van der Waals surface area contributed by atoms with Gasteiger partial charge in [-0.2, -0.15) is 0 Å². The molecule has 1 aliphatic rings. The van der Waals surface area contributed by atoms with Gasteiger partial charge in [-0.1, -0.05) is 20.8 Å². The first-order valence-electron chi connectivity index (χ1n) is 7.79. The lowest BCUT2D eigenvalue weighted by molar-refractivity contribution is -0.170. The van der Waals surface area contributed by atoms with Gasteiger partial charge in [-0.3, -0.25) is 14.4 Å². The summed E-state index contributed by atoms with van der Waals surface area (Å²) >= 11 is 0. The number of carbonyl (C=O) groups is 3. The van der Waals surface area contributed by atoms with Crippen molar-refractivity contribution in [1.82, 2.24) is 0 Å². The summed E-state index contributed by atoms with van der Waals surface area (Å²) < 4.78 is 10.3. The minimum atomic E-state index is -1.00. The highest BCUT2D eigenvalue weighted by molar-refractivity contribution is 5.97. The fraction of sp³-hybridized carbons (Fsp3) is 0.812. The number of rotatable bonds is 7. The van der Waals surface area contributed by atoms with Crippen LogP contribution in [-0.4, -0.2) is 30.9 Å². The molecule has 0 aromatic rings. The summed E-state index contributed by atoms with van der Waals surface area (Å²) in [6.45, 7) is 6.16. The van der Waals surface area contributed by atoms with Crippen LogP contribution in [0.25, 0.3) is 0 Å². The van der Waals surface area contributed by atoms with Crippen molar-refractivity contribution < 1.29 is 23.9 Å². The lowest BCUT2D eigenvalue weighted by atomic mass is 9.66. The Bertz CT molecular complexity index is 370. The highest BCUT2D eigenvalue weighted by atomic mass is 16.6.